The number of nitrogens with one attached hydrogen (secondary N) is 2. The van der Waals surface area contributed by atoms with Crippen LogP contribution in [0.5, 0.6) is 11.5 Å². The van der Waals surface area contributed by atoms with Crippen molar-refractivity contribution < 1.29 is 9.47 Å². The highest BCUT2D eigenvalue weighted by Crippen LogP contribution is 2.32. The summed E-state index contributed by atoms with van der Waals surface area (Å²) in [5.74, 6) is 2.31. The number of methoxy groups -OCH3 is 2. The molecule has 0 atom stereocenters. The smallest absolute Gasteiger partial charge is 0.191 e. The maximum atomic E-state index is 5.42. The molecule has 0 fully saturated rings. The van der Waals surface area contributed by atoms with Crippen LogP contribution in [0.3, 0.4) is 0 Å². The molecule has 0 saturated carbocycles. The molecule has 0 amide bonds. The monoisotopic (exact) mass is 495 g/mol. The van der Waals surface area contributed by atoms with Crippen LogP contribution in [0.4, 0.5) is 0 Å². The van der Waals surface area contributed by atoms with Crippen LogP contribution >= 0.6 is 35.7 Å². The standard InChI is InChI=1S/C19H33N3O2S.HI/c1-18(2,14-9-10-15(23-6)16(11-14)24-7)12-21-17(20-5)22-13-19(3,4)25-8;/h9-11H,12-13H2,1-8H3,(H2,20,21,22);1H. The lowest BCUT2D eigenvalue weighted by atomic mass is 9.84. The Morgan fingerprint density at radius 1 is 1.04 bits per heavy atom. The van der Waals surface area contributed by atoms with Crippen molar-refractivity contribution in [1.29, 1.82) is 0 Å². The summed E-state index contributed by atoms with van der Waals surface area (Å²) in [4.78, 5) is 4.32. The van der Waals surface area contributed by atoms with E-state index in [1.54, 1.807) is 21.3 Å². The van der Waals surface area contributed by atoms with Gasteiger partial charge in [-0.2, -0.15) is 11.8 Å². The van der Waals surface area contributed by atoms with Crippen LogP contribution < -0.4 is 20.1 Å². The number of halogens is 1. The third-order valence-electron chi connectivity index (χ3n) is 4.32. The van der Waals surface area contributed by atoms with Gasteiger partial charge in [0.25, 0.3) is 0 Å². The Hall–Kier alpha value is -0.830. The lowest BCUT2D eigenvalue weighted by Gasteiger charge is -2.29. The van der Waals surface area contributed by atoms with Gasteiger partial charge in [-0.25, -0.2) is 0 Å². The van der Waals surface area contributed by atoms with E-state index >= 15 is 0 Å². The number of hydrogen-bond acceptors (Lipinski definition) is 4. The summed E-state index contributed by atoms with van der Waals surface area (Å²) in [6.07, 6.45) is 2.12. The van der Waals surface area contributed by atoms with Crippen LogP contribution in [0.2, 0.25) is 0 Å². The molecule has 0 aromatic heterocycles. The van der Waals surface area contributed by atoms with Gasteiger partial charge < -0.3 is 20.1 Å². The van der Waals surface area contributed by atoms with E-state index in [9.17, 15) is 0 Å². The Bertz CT molecular complexity index is 592. The van der Waals surface area contributed by atoms with E-state index in [4.69, 9.17) is 9.47 Å². The van der Waals surface area contributed by atoms with Crippen LogP contribution in [0.25, 0.3) is 0 Å². The van der Waals surface area contributed by atoms with Crippen LogP contribution in [0.15, 0.2) is 23.2 Å². The molecule has 0 radical (unpaired) electrons. The summed E-state index contributed by atoms with van der Waals surface area (Å²) < 4.78 is 10.9. The fraction of sp³-hybridized carbons (Fsp3) is 0.632. The Balaban J connectivity index is 0.00000625. The average molecular weight is 495 g/mol. The molecule has 0 aliphatic rings. The molecule has 0 bridgehead atoms. The van der Waals surface area contributed by atoms with Crippen molar-refractivity contribution in [2.24, 2.45) is 4.99 Å². The maximum absolute atomic E-state index is 5.42. The molecule has 1 aromatic carbocycles. The van der Waals surface area contributed by atoms with Crippen LogP contribution in [-0.2, 0) is 5.41 Å². The first-order chi connectivity index (χ1) is 11.7. The molecule has 5 nitrogen and oxygen atoms in total. The zero-order valence-corrected chi connectivity index (χ0v) is 20.4. The molecule has 0 heterocycles. The van der Waals surface area contributed by atoms with Gasteiger partial charge in [0.1, 0.15) is 0 Å². The van der Waals surface area contributed by atoms with E-state index < -0.39 is 0 Å². The van der Waals surface area contributed by atoms with E-state index in [-0.39, 0.29) is 34.1 Å². The van der Waals surface area contributed by atoms with Gasteiger partial charge in [0.05, 0.1) is 14.2 Å². The van der Waals surface area contributed by atoms with Gasteiger partial charge in [-0.05, 0) is 37.8 Å². The zero-order chi connectivity index (χ0) is 19.1. The lowest BCUT2D eigenvalue weighted by molar-refractivity contribution is 0.353. The van der Waals surface area contributed by atoms with Gasteiger partial charge in [-0.1, -0.05) is 19.9 Å². The number of rotatable bonds is 8. The van der Waals surface area contributed by atoms with Crippen LogP contribution in [-0.4, -0.2) is 51.3 Å². The van der Waals surface area contributed by atoms with Gasteiger partial charge in [0.2, 0.25) is 0 Å². The molecule has 2 N–H and O–H groups in total. The molecule has 0 saturated heterocycles. The molecule has 1 rings (SSSR count). The minimum atomic E-state index is -0.0911. The molecular weight excluding hydrogens is 461 g/mol. The molecule has 0 aliphatic carbocycles. The summed E-state index contributed by atoms with van der Waals surface area (Å²) in [5, 5.41) is 6.83. The summed E-state index contributed by atoms with van der Waals surface area (Å²) >= 11 is 1.84. The largest absolute Gasteiger partial charge is 0.493 e. The number of benzene rings is 1. The van der Waals surface area contributed by atoms with E-state index in [1.807, 2.05) is 23.9 Å². The lowest BCUT2D eigenvalue weighted by Crippen LogP contribution is -2.46. The molecule has 1 aromatic rings. The van der Waals surface area contributed by atoms with Gasteiger partial charge in [-0.15, -0.1) is 24.0 Å². The molecule has 0 aliphatic heterocycles. The Morgan fingerprint density at radius 3 is 2.12 bits per heavy atom. The fourth-order valence-corrected chi connectivity index (χ4v) is 2.47. The van der Waals surface area contributed by atoms with E-state index in [1.165, 1.54) is 5.56 Å². The Morgan fingerprint density at radius 2 is 1.62 bits per heavy atom. The van der Waals surface area contributed by atoms with E-state index in [2.05, 4.69) is 55.6 Å². The predicted octanol–water partition coefficient (Wildman–Crippen LogP) is 3.91. The van der Waals surface area contributed by atoms with E-state index in [0.717, 1.165) is 30.5 Å². The van der Waals surface area contributed by atoms with E-state index in [0.29, 0.717) is 0 Å². The van der Waals surface area contributed by atoms with Gasteiger partial charge in [0, 0.05) is 30.3 Å². The molecular formula is C19H34IN3O2S. The number of ether oxygens (including phenoxy) is 2. The predicted molar refractivity (Wildman–Crippen MR) is 125 cm³/mol. The normalized spacial score (nSPS) is 12.2. The van der Waals surface area contributed by atoms with Crippen molar-refractivity contribution in [2.45, 2.75) is 37.9 Å². The number of hydrogen-bond donors (Lipinski definition) is 2. The number of nitrogens with zero attached hydrogens (tertiary/aromatic N) is 1. The Labute approximate surface area is 180 Å². The SMILES string of the molecule is CN=C(NCC(C)(C)SC)NCC(C)(C)c1ccc(OC)c(OC)c1.I. The van der Waals surface area contributed by atoms with Crippen molar-refractivity contribution in [3.05, 3.63) is 23.8 Å². The quantitative estimate of drug-likeness (QED) is 0.326. The maximum Gasteiger partial charge on any atom is 0.191 e. The van der Waals surface area contributed by atoms with Crippen LogP contribution in [0, 0.1) is 0 Å². The summed E-state index contributed by atoms with van der Waals surface area (Å²) in [6, 6.07) is 6.06. The molecule has 26 heavy (non-hydrogen) atoms. The third-order valence-corrected chi connectivity index (χ3v) is 5.57. The minimum absolute atomic E-state index is 0. The zero-order valence-electron chi connectivity index (χ0n) is 17.2. The number of thioether (sulfide) groups is 1. The first-order valence-electron chi connectivity index (χ1n) is 8.41. The first kappa shape index (κ1) is 25.2. The molecule has 0 unspecified atom stereocenters. The topological polar surface area (TPSA) is 54.9 Å². The van der Waals surface area contributed by atoms with Crippen molar-refractivity contribution >= 4 is 41.7 Å². The number of aliphatic imine (C=N–C) groups is 1. The molecule has 0 spiro atoms. The summed E-state index contributed by atoms with van der Waals surface area (Å²) in [6.45, 7) is 10.4. The van der Waals surface area contributed by atoms with Gasteiger partial charge in [0.15, 0.2) is 17.5 Å². The van der Waals surface area contributed by atoms with Crippen molar-refractivity contribution in [3.8, 4) is 11.5 Å². The van der Waals surface area contributed by atoms with Crippen molar-refractivity contribution in [3.63, 3.8) is 0 Å². The third kappa shape index (κ3) is 7.42. The Kier molecular flexibility index (Phi) is 10.8. The number of guanidine groups is 1. The van der Waals surface area contributed by atoms with Crippen molar-refractivity contribution in [2.75, 3.05) is 40.6 Å². The highest BCUT2D eigenvalue weighted by atomic mass is 127. The second-order valence-electron chi connectivity index (χ2n) is 7.20. The minimum Gasteiger partial charge on any atom is -0.493 e. The molecule has 150 valence electrons. The second-order valence-corrected chi connectivity index (χ2v) is 8.71. The van der Waals surface area contributed by atoms with Gasteiger partial charge >= 0.3 is 0 Å². The van der Waals surface area contributed by atoms with Crippen molar-refractivity contribution in [1.82, 2.24) is 10.6 Å². The van der Waals surface area contributed by atoms with Crippen LogP contribution in [0.1, 0.15) is 33.3 Å². The molecule has 7 heteroatoms. The first-order valence-corrected chi connectivity index (χ1v) is 9.63. The fourth-order valence-electron chi connectivity index (χ4n) is 2.25. The second kappa shape index (κ2) is 11.1. The summed E-state index contributed by atoms with van der Waals surface area (Å²) in [7, 11) is 5.10. The van der Waals surface area contributed by atoms with Gasteiger partial charge in [-0.3, -0.25) is 4.99 Å². The highest BCUT2D eigenvalue weighted by molar-refractivity contribution is 14.0. The average Bonchev–Trinajstić information content (AvgIpc) is 2.61. The highest BCUT2D eigenvalue weighted by Gasteiger charge is 2.23. The summed E-state index contributed by atoms with van der Waals surface area (Å²) in [5.41, 5.74) is 1.09.